The summed E-state index contributed by atoms with van der Waals surface area (Å²) in [7, 11) is 0. The highest BCUT2D eigenvalue weighted by molar-refractivity contribution is 5.88. The van der Waals surface area contributed by atoms with Crippen LogP contribution in [0.2, 0.25) is 0 Å². The van der Waals surface area contributed by atoms with E-state index in [1.54, 1.807) is 4.90 Å². The van der Waals surface area contributed by atoms with Gasteiger partial charge in [-0.25, -0.2) is 0 Å². The minimum atomic E-state index is -0.462. The van der Waals surface area contributed by atoms with Crippen molar-refractivity contribution in [2.24, 2.45) is 0 Å². The number of nitrogens with one attached hydrogen (secondary N) is 1. The number of hydrogen-bond donors (Lipinski definition) is 1. The van der Waals surface area contributed by atoms with Gasteiger partial charge in [0.2, 0.25) is 11.8 Å². The van der Waals surface area contributed by atoms with Crippen LogP contribution >= 0.6 is 0 Å². The third kappa shape index (κ3) is 6.69. The van der Waals surface area contributed by atoms with Crippen LogP contribution in [-0.4, -0.2) is 28.8 Å². The predicted molar refractivity (Wildman–Crippen MR) is 130 cm³/mol. The number of carbonyl (C=O) groups excluding carboxylic acids is 2. The first kappa shape index (κ1) is 24.0. The molecule has 1 aliphatic carbocycles. The van der Waals surface area contributed by atoms with Crippen molar-refractivity contribution in [2.45, 2.75) is 91.3 Å². The Bertz CT molecular complexity index is 911. The van der Waals surface area contributed by atoms with Gasteiger partial charge in [0.1, 0.15) is 6.04 Å². The molecule has 4 nitrogen and oxygen atoms in total. The molecule has 0 spiro atoms. The van der Waals surface area contributed by atoms with E-state index in [2.05, 4.69) is 56.4 Å². The van der Waals surface area contributed by atoms with E-state index in [9.17, 15) is 9.59 Å². The highest BCUT2D eigenvalue weighted by Gasteiger charge is 2.30. The van der Waals surface area contributed by atoms with Gasteiger partial charge in [0.05, 0.1) is 6.42 Å². The van der Waals surface area contributed by atoms with Crippen LogP contribution in [0.25, 0.3) is 0 Å². The first-order valence-electron chi connectivity index (χ1n) is 12.1. The van der Waals surface area contributed by atoms with Crippen molar-refractivity contribution < 1.29 is 9.59 Å². The molecule has 0 aromatic heterocycles. The highest BCUT2D eigenvalue weighted by Crippen LogP contribution is 2.20. The molecule has 1 N–H and O–H groups in total. The number of carbonyl (C=O) groups is 2. The lowest BCUT2D eigenvalue weighted by atomic mass is 9.95. The molecule has 0 bridgehead atoms. The summed E-state index contributed by atoms with van der Waals surface area (Å²) in [5, 5.41) is 3.25. The summed E-state index contributed by atoms with van der Waals surface area (Å²) >= 11 is 0. The van der Waals surface area contributed by atoms with E-state index in [-0.39, 0.29) is 17.9 Å². The van der Waals surface area contributed by atoms with Crippen LogP contribution in [0.15, 0.2) is 42.5 Å². The maximum absolute atomic E-state index is 13.6. The molecule has 0 aliphatic heterocycles. The van der Waals surface area contributed by atoms with Crippen molar-refractivity contribution in [3.05, 3.63) is 70.3 Å². The summed E-state index contributed by atoms with van der Waals surface area (Å²) in [6.07, 6.45) is 6.57. The van der Waals surface area contributed by atoms with Gasteiger partial charge in [0, 0.05) is 12.6 Å². The van der Waals surface area contributed by atoms with Crippen LogP contribution in [0.1, 0.15) is 73.3 Å². The molecule has 2 aromatic carbocycles. The standard InChI is InChI=1S/C28H38N2O2/c1-5-26(28(32)29-25-12-7-6-8-13-25)30(19-23-11-9-10-20(2)15-23)27(31)18-24-16-21(3)14-22(4)17-24/h9-11,14-17,25-26H,5-8,12-13,18-19H2,1-4H3,(H,29,32)/t26-/m1/s1. The second-order valence-electron chi connectivity index (χ2n) is 9.45. The van der Waals surface area contributed by atoms with Crippen molar-refractivity contribution >= 4 is 11.8 Å². The number of aryl methyl sites for hydroxylation is 3. The Hall–Kier alpha value is -2.62. The molecular formula is C28H38N2O2. The third-order valence-electron chi connectivity index (χ3n) is 6.41. The van der Waals surface area contributed by atoms with Crippen molar-refractivity contribution in [1.29, 1.82) is 0 Å². The molecule has 4 heteroatoms. The van der Waals surface area contributed by atoms with Gasteiger partial charge < -0.3 is 10.2 Å². The molecule has 1 aliphatic rings. The van der Waals surface area contributed by atoms with Gasteiger partial charge in [0.15, 0.2) is 0 Å². The number of nitrogens with zero attached hydrogens (tertiary/aromatic N) is 1. The predicted octanol–water partition coefficient (Wildman–Crippen LogP) is 5.41. The Kier molecular flexibility index (Phi) is 8.49. The molecule has 2 amide bonds. The topological polar surface area (TPSA) is 49.4 Å². The zero-order chi connectivity index (χ0) is 23.1. The number of rotatable bonds is 8. The molecule has 3 rings (SSSR count). The molecule has 1 atom stereocenters. The van der Waals surface area contributed by atoms with Crippen molar-refractivity contribution in [2.75, 3.05) is 0 Å². The number of benzene rings is 2. The van der Waals surface area contributed by atoms with E-state index >= 15 is 0 Å². The second kappa shape index (κ2) is 11.3. The van der Waals surface area contributed by atoms with Crippen LogP contribution in [0.3, 0.4) is 0 Å². The minimum Gasteiger partial charge on any atom is -0.352 e. The quantitative estimate of drug-likeness (QED) is 0.604. The van der Waals surface area contributed by atoms with Crippen LogP contribution in [0.4, 0.5) is 0 Å². The molecule has 1 fully saturated rings. The van der Waals surface area contributed by atoms with E-state index in [0.717, 1.165) is 40.7 Å². The average molecular weight is 435 g/mol. The lowest BCUT2D eigenvalue weighted by Gasteiger charge is -2.33. The Morgan fingerprint density at radius 3 is 2.22 bits per heavy atom. The van der Waals surface area contributed by atoms with Gasteiger partial charge in [-0.15, -0.1) is 0 Å². The van der Waals surface area contributed by atoms with Gasteiger partial charge in [-0.2, -0.15) is 0 Å². The summed E-state index contributed by atoms with van der Waals surface area (Å²) < 4.78 is 0. The smallest absolute Gasteiger partial charge is 0.243 e. The first-order chi connectivity index (χ1) is 15.4. The molecule has 0 radical (unpaired) electrons. The summed E-state index contributed by atoms with van der Waals surface area (Å²) in [5.74, 6) is -0.0111. The van der Waals surface area contributed by atoms with E-state index in [1.807, 2.05) is 19.1 Å². The summed E-state index contributed by atoms with van der Waals surface area (Å²) in [6.45, 7) is 8.61. The minimum absolute atomic E-state index is 0.00199. The Labute approximate surface area is 193 Å². The van der Waals surface area contributed by atoms with Gasteiger partial charge in [-0.05, 0) is 51.2 Å². The van der Waals surface area contributed by atoms with E-state index in [0.29, 0.717) is 19.4 Å². The summed E-state index contributed by atoms with van der Waals surface area (Å²) in [5.41, 5.74) is 5.52. The van der Waals surface area contributed by atoms with Crippen LogP contribution < -0.4 is 5.32 Å². The molecular weight excluding hydrogens is 396 g/mol. The van der Waals surface area contributed by atoms with Crippen molar-refractivity contribution in [3.63, 3.8) is 0 Å². The first-order valence-corrected chi connectivity index (χ1v) is 12.1. The molecule has 0 unspecified atom stereocenters. The Balaban J connectivity index is 1.83. The number of hydrogen-bond acceptors (Lipinski definition) is 2. The molecule has 0 heterocycles. The molecule has 2 aromatic rings. The van der Waals surface area contributed by atoms with Crippen LogP contribution in [0.5, 0.6) is 0 Å². The zero-order valence-electron chi connectivity index (χ0n) is 20.1. The molecule has 172 valence electrons. The van der Waals surface area contributed by atoms with Crippen LogP contribution in [-0.2, 0) is 22.6 Å². The van der Waals surface area contributed by atoms with Crippen LogP contribution in [0, 0.1) is 20.8 Å². The highest BCUT2D eigenvalue weighted by atomic mass is 16.2. The fraction of sp³-hybridized carbons (Fsp3) is 0.500. The molecule has 1 saturated carbocycles. The zero-order valence-corrected chi connectivity index (χ0v) is 20.1. The Morgan fingerprint density at radius 2 is 1.59 bits per heavy atom. The van der Waals surface area contributed by atoms with Crippen molar-refractivity contribution in [1.82, 2.24) is 10.2 Å². The summed E-state index contributed by atoms with van der Waals surface area (Å²) in [4.78, 5) is 28.7. The van der Waals surface area contributed by atoms with Gasteiger partial charge in [0.25, 0.3) is 0 Å². The van der Waals surface area contributed by atoms with Gasteiger partial charge >= 0.3 is 0 Å². The van der Waals surface area contributed by atoms with E-state index < -0.39 is 6.04 Å². The largest absolute Gasteiger partial charge is 0.352 e. The normalized spacial score (nSPS) is 15.2. The van der Waals surface area contributed by atoms with Crippen molar-refractivity contribution in [3.8, 4) is 0 Å². The fourth-order valence-electron chi connectivity index (χ4n) is 4.92. The van der Waals surface area contributed by atoms with Gasteiger partial charge in [-0.1, -0.05) is 85.3 Å². The maximum atomic E-state index is 13.6. The second-order valence-corrected chi connectivity index (χ2v) is 9.45. The maximum Gasteiger partial charge on any atom is 0.243 e. The lowest BCUT2D eigenvalue weighted by molar-refractivity contribution is -0.141. The average Bonchev–Trinajstić information content (AvgIpc) is 2.73. The Morgan fingerprint density at radius 1 is 0.938 bits per heavy atom. The lowest BCUT2D eigenvalue weighted by Crippen LogP contribution is -2.52. The van der Waals surface area contributed by atoms with E-state index in [4.69, 9.17) is 0 Å². The van der Waals surface area contributed by atoms with E-state index in [1.165, 1.54) is 19.3 Å². The molecule has 32 heavy (non-hydrogen) atoms. The summed E-state index contributed by atoms with van der Waals surface area (Å²) in [6, 6.07) is 14.2. The van der Waals surface area contributed by atoms with Gasteiger partial charge in [-0.3, -0.25) is 9.59 Å². The monoisotopic (exact) mass is 434 g/mol. The molecule has 0 saturated heterocycles. The fourth-order valence-corrected chi connectivity index (χ4v) is 4.92. The SMILES string of the molecule is CC[C@H](C(=O)NC1CCCCC1)N(Cc1cccc(C)c1)C(=O)Cc1cc(C)cc(C)c1. The number of amides is 2. The third-order valence-corrected chi connectivity index (χ3v) is 6.41.